The van der Waals surface area contributed by atoms with Crippen LogP contribution in [0.2, 0.25) is 0 Å². The fourth-order valence-electron chi connectivity index (χ4n) is 3.02. The third-order valence-corrected chi connectivity index (χ3v) is 5.00. The zero-order chi connectivity index (χ0) is 18.7. The number of nitrogens with one attached hydrogen (secondary N) is 1. The van der Waals surface area contributed by atoms with Crippen LogP contribution in [0.25, 0.3) is 0 Å². The van der Waals surface area contributed by atoms with E-state index < -0.39 is 0 Å². The minimum atomic E-state index is -0.329. The van der Waals surface area contributed by atoms with Gasteiger partial charge in [-0.3, -0.25) is 4.79 Å². The van der Waals surface area contributed by atoms with E-state index in [2.05, 4.69) is 19.2 Å². The van der Waals surface area contributed by atoms with Crippen LogP contribution in [-0.4, -0.2) is 19.2 Å². The van der Waals surface area contributed by atoms with Crippen molar-refractivity contribution in [3.63, 3.8) is 0 Å². The maximum absolute atomic E-state index is 12.6. The van der Waals surface area contributed by atoms with E-state index in [0.29, 0.717) is 6.54 Å². The monoisotopic (exact) mass is 390 g/mol. The van der Waals surface area contributed by atoms with E-state index in [1.165, 1.54) is 0 Å². The van der Waals surface area contributed by atoms with Crippen LogP contribution in [0.3, 0.4) is 0 Å². The van der Waals surface area contributed by atoms with Crippen molar-refractivity contribution in [3.05, 3.63) is 59.7 Å². The first-order valence-electron chi connectivity index (χ1n) is 8.87. The van der Waals surface area contributed by atoms with E-state index in [1.807, 2.05) is 55.5 Å². The summed E-state index contributed by atoms with van der Waals surface area (Å²) in [7, 11) is 0. The predicted molar refractivity (Wildman–Crippen MR) is 108 cm³/mol. The number of nitrogens with two attached hydrogens (primary N) is 1. The molecule has 2 unspecified atom stereocenters. The summed E-state index contributed by atoms with van der Waals surface area (Å²) < 4.78 is 10.8. The molecule has 0 saturated carbocycles. The highest BCUT2D eigenvalue weighted by molar-refractivity contribution is 5.85. The average Bonchev–Trinajstić information content (AvgIpc) is 3.13. The number of ether oxygens (including phenoxy) is 2. The minimum Gasteiger partial charge on any atom is -0.454 e. The van der Waals surface area contributed by atoms with E-state index in [4.69, 9.17) is 15.2 Å². The van der Waals surface area contributed by atoms with Gasteiger partial charge in [-0.15, -0.1) is 12.4 Å². The van der Waals surface area contributed by atoms with Gasteiger partial charge in [0.05, 0.1) is 5.92 Å². The second-order valence-corrected chi connectivity index (χ2v) is 7.39. The van der Waals surface area contributed by atoms with Gasteiger partial charge in [0.15, 0.2) is 11.5 Å². The van der Waals surface area contributed by atoms with Gasteiger partial charge in [0.25, 0.3) is 0 Å². The van der Waals surface area contributed by atoms with Crippen LogP contribution in [0.1, 0.15) is 37.9 Å². The summed E-state index contributed by atoms with van der Waals surface area (Å²) >= 11 is 0. The first-order chi connectivity index (χ1) is 12.4. The molecular formula is C21H27ClN2O3. The molecule has 0 spiro atoms. The number of benzene rings is 2. The second-order valence-electron chi connectivity index (χ2n) is 7.39. The van der Waals surface area contributed by atoms with Crippen LogP contribution in [0.5, 0.6) is 11.5 Å². The fraction of sp³-hybridized carbons (Fsp3) is 0.381. The summed E-state index contributed by atoms with van der Waals surface area (Å²) in [6, 6.07) is 15.3. The zero-order valence-electron chi connectivity index (χ0n) is 15.9. The number of hydrogen-bond donors (Lipinski definition) is 2. The molecule has 2 aromatic carbocycles. The van der Waals surface area contributed by atoms with E-state index in [1.54, 1.807) is 0 Å². The second kappa shape index (κ2) is 8.63. The molecule has 0 aliphatic carbocycles. The Morgan fingerprint density at radius 1 is 1.15 bits per heavy atom. The first kappa shape index (κ1) is 21.1. The highest BCUT2D eigenvalue weighted by Gasteiger charge is 2.27. The number of carbonyl (C=O) groups is 1. The third kappa shape index (κ3) is 4.73. The molecule has 1 heterocycles. The van der Waals surface area contributed by atoms with E-state index in [0.717, 1.165) is 22.6 Å². The van der Waals surface area contributed by atoms with Gasteiger partial charge in [-0.05, 0) is 23.3 Å². The molecule has 0 aromatic heterocycles. The summed E-state index contributed by atoms with van der Waals surface area (Å²) in [4.78, 5) is 12.6. The third-order valence-electron chi connectivity index (χ3n) is 5.00. The number of amides is 1. The first-order valence-corrected chi connectivity index (χ1v) is 8.87. The number of carbonyl (C=O) groups excluding carboxylic acids is 1. The van der Waals surface area contributed by atoms with Gasteiger partial charge in [0, 0.05) is 18.0 Å². The average molecular weight is 391 g/mol. The summed E-state index contributed by atoms with van der Waals surface area (Å²) in [5, 5.41) is 3.05. The Labute approximate surface area is 166 Å². The lowest BCUT2D eigenvalue weighted by Gasteiger charge is -2.28. The smallest absolute Gasteiger partial charge is 0.231 e. The van der Waals surface area contributed by atoms with Crippen molar-refractivity contribution >= 4 is 18.3 Å². The Balaban J connectivity index is 0.00000261. The summed E-state index contributed by atoms with van der Waals surface area (Å²) in [6.45, 7) is 6.81. The normalized spacial score (nSPS) is 14.8. The van der Waals surface area contributed by atoms with Crippen molar-refractivity contribution in [2.75, 3.05) is 13.3 Å². The summed E-state index contributed by atoms with van der Waals surface area (Å²) in [6.07, 6.45) is 0. The SMILES string of the molecule is CC(C(=O)NCC(C)(C)c1ccc2c(c1)OCO2)C(N)c1ccccc1.Cl. The molecule has 3 N–H and O–H groups in total. The standard InChI is InChI=1S/C21H26N2O3.ClH/c1-14(19(22)15-7-5-4-6-8-15)20(24)23-12-21(2,3)16-9-10-17-18(11-16)26-13-25-17;/h4-11,14,19H,12-13,22H2,1-3H3,(H,23,24);1H. The lowest BCUT2D eigenvalue weighted by Crippen LogP contribution is -2.41. The lowest BCUT2D eigenvalue weighted by atomic mass is 9.84. The van der Waals surface area contributed by atoms with Gasteiger partial charge in [0.1, 0.15) is 0 Å². The molecule has 0 bridgehead atoms. The fourth-order valence-corrected chi connectivity index (χ4v) is 3.02. The van der Waals surface area contributed by atoms with Crippen LogP contribution >= 0.6 is 12.4 Å². The van der Waals surface area contributed by atoms with Crippen LogP contribution in [0, 0.1) is 5.92 Å². The number of fused-ring (bicyclic) bond motifs is 1. The van der Waals surface area contributed by atoms with Crippen molar-refractivity contribution < 1.29 is 14.3 Å². The molecule has 0 fully saturated rings. The Morgan fingerprint density at radius 2 is 1.81 bits per heavy atom. The maximum Gasteiger partial charge on any atom is 0.231 e. The van der Waals surface area contributed by atoms with Crippen molar-refractivity contribution in [3.8, 4) is 11.5 Å². The molecule has 2 aromatic rings. The molecule has 146 valence electrons. The van der Waals surface area contributed by atoms with Gasteiger partial charge >= 0.3 is 0 Å². The highest BCUT2D eigenvalue weighted by Crippen LogP contribution is 2.36. The Hall–Kier alpha value is -2.24. The van der Waals surface area contributed by atoms with Crippen LogP contribution in [0.15, 0.2) is 48.5 Å². The highest BCUT2D eigenvalue weighted by atomic mass is 35.5. The van der Waals surface area contributed by atoms with Gasteiger partial charge in [-0.2, -0.15) is 0 Å². The minimum absolute atomic E-state index is 0. The molecule has 2 atom stereocenters. The van der Waals surface area contributed by atoms with Crippen molar-refractivity contribution in [1.82, 2.24) is 5.32 Å². The van der Waals surface area contributed by atoms with Crippen molar-refractivity contribution in [2.45, 2.75) is 32.2 Å². The summed E-state index contributed by atoms with van der Waals surface area (Å²) in [5.74, 6) is 1.15. The largest absolute Gasteiger partial charge is 0.454 e. The molecule has 0 radical (unpaired) electrons. The van der Waals surface area contributed by atoms with Crippen LogP contribution in [0.4, 0.5) is 0 Å². The Kier molecular flexibility index (Phi) is 6.73. The van der Waals surface area contributed by atoms with Gasteiger partial charge < -0.3 is 20.5 Å². The maximum atomic E-state index is 12.6. The van der Waals surface area contributed by atoms with E-state index >= 15 is 0 Å². The number of rotatable bonds is 6. The molecule has 1 aliphatic heterocycles. The predicted octanol–water partition coefficient (Wildman–Crippen LogP) is 3.57. The zero-order valence-corrected chi connectivity index (χ0v) is 16.7. The molecule has 27 heavy (non-hydrogen) atoms. The van der Waals surface area contributed by atoms with E-state index in [9.17, 15) is 4.79 Å². The molecule has 0 saturated heterocycles. The molecule has 1 aliphatic rings. The molecular weight excluding hydrogens is 364 g/mol. The Morgan fingerprint density at radius 3 is 2.52 bits per heavy atom. The number of halogens is 1. The van der Waals surface area contributed by atoms with Crippen molar-refractivity contribution in [1.29, 1.82) is 0 Å². The van der Waals surface area contributed by atoms with Crippen molar-refractivity contribution in [2.24, 2.45) is 11.7 Å². The molecule has 5 nitrogen and oxygen atoms in total. The van der Waals surface area contributed by atoms with Gasteiger partial charge in [-0.1, -0.05) is 57.2 Å². The van der Waals surface area contributed by atoms with Gasteiger partial charge in [-0.25, -0.2) is 0 Å². The van der Waals surface area contributed by atoms with Gasteiger partial charge in [0.2, 0.25) is 12.7 Å². The molecule has 3 rings (SSSR count). The number of hydrogen-bond acceptors (Lipinski definition) is 4. The quantitative estimate of drug-likeness (QED) is 0.790. The Bertz CT molecular complexity index is 780. The van der Waals surface area contributed by atoms with Crippen LogP contribution in [-0.2, 0) is 10.2 Å². The van der Waals surface area contributed by atoms with E-state index in [-0.39, 0.29) is 42.5 Å². The summed E-state index contributed by atoms with van der Waals surface area (Å²) in [5.41, 5.74) is 8.07. The topological polar surface area (TPSA) is 73.6 Å². The van der Waals surface area contributed by atoms with Crippen LogP contribution < -0.4 is 20.5 Å². The molecule has 1 amide bonds. The lowest BCUT2D eigenvalue weighted by molar-refractivity contribution is -0.125. The molecule has 6 heteroatoms.